The quantitative estimate of drug-likeness (QED) is 0.372. The zero-order valence-corrected chi connectivity index (χ0v) is 10.4. The highest BCUT2D eigenvalue weighted by molar-refractivity contribution is 9.10. The molecule has 0 atom stereocenters. The fourth-order valence-corrected chi connectivity index (χ4v) is 1.54. The van der Waals surface area contributed by atoms with Crippen LogP contribution in [0.2, 0.25) is 0 Å². The van der Waals surface area contributed by atoms with Gasteiger partial charge in [0.05, 0.1) is 15.5 Å². The van der Waals surface area contributed by atoms with Crippen molar-refractivity contribution in [2.75, 3.05) is 0 Å². The zero-order chi connectivity index (χ0) is 14.8. The number of amides is 1. The average molecular weight is 344 g/mol. The Balaban J connectivity index is 3.28. The van der Waals surface area contributed by atoms with Crippen LogP contribution in [-0.2, 0) is 4.79 Å². The fraction of sp³-hybridized carbons (Fsp3) is 0.125. The van der Waals surface area contributed by atoms with E-state index < -0.39 is 38.7 Å². The highest BCUT2D eigenvalue weighted by Gasteiger charge is 2.44. The Hall–Kier alpha value is -1.88. The topological polar surface area (TPSA) is 107 Å². The maximum atomic E-state index is 13.2. The molecule has 0 saturated heterocycles. The van der Waals surface area contributed by atoms with Crippen LogP contribution in [-0.4, -0.2) is 16.9 Å². The van der Waals surface area contributed by atoms with E-state index in [2.05, 4.69) is 26.5 Å². The Morgan fingerprint density at radius 2 is 2.11 bits per heavy atom. The molecule has 0 unspecified atom stereocenters. The summed E-state index contributed by atoms with van der Waals surface area (Å²) >= 11 is 2.62. The van der Waals surface area contributed by atoms with E-state index in [9.17, 15) is 28.1 Å². The van der Waals surface area contributed by atoms with Crippen molar-refractivity contribution in [3.05, 3.63) is 32.5 Å². The molecule has 11 heteroatoms. The number of halogens is 4. The lowest BCUT2D eigenvalue weighted by Crippen LogP contribution is -2.47. The molecular formula is C8H5BrF3N3O4. The third-order valence-electron chi connectivity index (χ3n) is 1.81. The fourth-order valence-electron chi connectivity index (χ4n) is 1.04. The lowest BCUT2D eigenvalue weighted by atomic mass is 10.3. The molecule has 0 saturated carbocycles. The van der Waals surface area contributed by atoms with E-state index in [-0.39, 0.29) is 0 Å². The van der Waals surface area contributed by atoms with E-state index in [0.29, 0.717) is 12.1 Å². The van der Waals surface area contributed by atoms with E-state index in [4.69, 9.17) is 0 Å². The predicted octanol–water partition coefficient (Wildman–Crippen LogP) is 1.46. The first-order valence-corrected chi connectivity index (χ1v) is 5.19. The highest BCUT2D eigenvalue weighted by atomic mass is 79.9. The molecule has 0 radical (unpaired) electrons. The first kappa shape index (κ1) is 15.2. The highest BCUT2D eigenvalue weighted by Crippen LogP contribution is 2.38. The van der Waals surface area contributed by atoms with Crippen molar-refractivity contribution in [2.24, 2.45) is 5.84 Å². The molecule has 1 amide bonds. The molecule has 1 rings (SSSR count). The maximum absolute atomic E-state index is 13.2. The lowest BCUT2D eigenvalue weighted by Gasteiger charge is -2.16. The van der Waals surface area contributed by atoms with Gasteiger partial charge in [0.1, 0.15) is 5.82 Å². The standard InChI is InChI=1S/C8H5BrF3N3O4/c9-4-1-3(10)2-5(15(17)18)6(4)19-8(11,12)7(16)14-13/h1-2H,13H2,(H,14,16). The van der Waals surface area contributed by atoms with Crippen molar-refractivity contribution >= 4 is 27.5 Å². The minimum atomic E-state index is -4.46. The molecule has 104 valence electrons. The molecule has 0 aromatic heterocycles. The monoisotopic (exact) mass is 343 g/mol. The predicted molar refractivity (Wildman–Crippen MR) is 58.7 cm³/mol. The number of nitro groups is 1. The van der Waals surface area contributed by atoms with Gasteiger partial charge in [0.25, 0.3) is 0 Å². The largest absolute Gasteiger partial charge is 0.483 e. The van der Waals surface area contributed by atoms with Gasteiger partial charge < -0.3 is 4.74 Å². The molecule has 0 spiro atoms. The summed E-state index contributed by atoms with van der Waals surface area (Å²) in [5, 5.41) is 10.6. The van der Waals surface area contributed by atoms with Crippen LogP contribution in [0.25, 0.3) is 0 Å². The second-order valence-electron chi connectivity index (χ2n) is 3.09. The molecule has 1 aromatic rings. The number of nitro benzene ring substituents is 1. The Morgan fingerprint density at radius 1 is 1.53 bits per heavy atom. The van der Waals surface area contributed by atoms with Crippen LogP contribution in [0.4, 0.5) is 18.9 Å². The summed E-state index contributed by atoms with van der Waals surface area (Å²) in [6.45, 7) is 0. The molecule has 0 bridgehead atoms. The Kier molecular flexibility index (Phi) is 4.32. The summed E-state index contributed by atoms with van der Waals surface area (Å²) in [6, 6.07) is 1.04. The van der Waals surface area contributed by atoms with Crippen LogP contribution in [0.3, 0.4) is 0 Å². The number of alkyl halides is 2. The number of ether oxygens (including phenoxy) is 1. The van der Waals surface area contributed by atoms with Gasteiger partial charge in [-0.3, -0.25) is 20.3 Å². The number of benzene rings is 1. The van der Waals surface area contributed by atoms with Crippen molar-refractivity contribution in [1.29, 1.82) is 0 Å². The van der Waals surface area contributed by atoms with Crippen molar-refractivity contribution in [2.45, 2.75) is 6.11 Å². The summed E-state index contributed by atoms with van der Waals surface area (Å²) in [4.78, 5) is 20.2. The summed E-state index contributed by atoms with van der Waals surface area (Å²) < 4.78 is 42.8. The molecule has 7 nitrogen and oxygen atoms in total. The van der Waals surface area contributed by atoms with Gasteiger partial charge in [0, 0.05) is 0 Å². The van der Waals surface area contributed by atoms with Crippen LogP contribution in [0.1, 0.15) is 0 Å². The van der Waals surface area contributed by atoms with Crippen LogP contribution in [0.15, 0.2) is 16.6 Å². The number of hydrogen-bond donors (Lipinski definition) is 2. The SMILES string of the molecule is NNC(=O)C(F)(F)Oc1c(Br)cc(F)cc1[N+](=O)[O-]. The van der Waals surface area contributed by atoms with E-state index in [1.165, 1.54) is 0 Å². The number of carbonyl (C=O) groups is 1. The molecule has 1 aromatic carbocycles. The maximum Gasteiger partial charge on any atom is 0.483 e. The van der Waals surface area contributed by atoms with Gasteiger partial charge in [-0.25, -0.2) is 10.2 Å². The molecule has 3 N–H and O–H groups in total. The van der Waals surface area contributed by atoms with Gasteiger partial charge in [0.2, 0.25) is 5.75 Å². The number of rotatable bonds is 4. The number of nitrogens with zero attached hydrogens (tertiary/aromatic N) is 1. The minimum absolute atomic E-state index is 0.372. The number of carbonyl (C=O) groups excluding carboxylic acids is 1. The summed E-state index contributed by atoms with van der Waals surface area (Å²) in [6.07, 6.45) is -4.46. The van der Waals surface area contributed by atoms with Crippen LogP contribution in [0, 0.1) is 15.9 Å². The Morgan fingerprint density at radius 3 is 2.58 bits per heavy atom. The number of hydrogen-bond acceptors (Lipinski definition) is 5. The first-order chi connectivity index (χ1) is 8.69. The van der Waals surface area contributed by atoms with E-state index >= 15 is 0 Å². The summed E-state index contributed by atoms with van der Waals surface area (Å²) in [5.41, 5.74) is 0.0591. The molecule has 0 aliphatic carbocycles. The van der Waals surface area contributed by atoms with Crippen LogP contribution in [0.5, 0.6) is 5.75 Å². The van der Waals surface area contributed by atoms with Gasteiger partial charge in [-0.2, -0.15) is 8.78 Å². The third kappa shape index (κ3) is 3.32. The van der Waals surface area contributed by atoms with Crippen LogP contribution < -0.4 is 16.0 Å². The summed E-state index contributed by atoms with van der Waals surface area (Å²) in [5.74, 6) is 0.447. The van der Waals surface area contributed by atoms with Gasteiger partial charge in [0.15, 0.2) is 0 Å². The molecule has 19 heavy (non-hydrogen) atoms. The van der Waals surface area contributed by atoms with Gasteiger partial charge in [-0.15, -0.1) is 0 Å². The summed E-state index contributed by atoms with van der Waals surface area (Å²) in [7, 11) is 0. The first-order valence-electron chi connectivity index (χ1n) is 4.40. The van der Waals surface area contributed by atoms with E-state index in [1.54, 1.807) is 0 Å². The lowest BCUT2D eigenvalue weighted by molar-refractivity contribution is -0.387. The molecular weight excluding hydrogens is 339 g/mol. The molecule has 0 heterocycles. The van der Waals surface area contributed by atoms with Gasteiger partial charge in [-0.05, 0) is 22.0 Å². The third-order valence-corrected chi connectivity index (χ3v) is 2.40. The molecule has 0 aliphatic heterocycles. The number of hydrazine groups is 1. The normalized spacial score (nSPS) is 11.0. The van der Waals surface area contributed by atoms with Crippen molar-refractivity contribution in [1.82, 2.24) is 5.43 Å². The van der Waals surface area contributed by atoms with Crippen molar-refractivity contribution in [3.63, 3.8) is 0 Å². The zero-order valence-electron chi connectivity index (χ0n) is 8.82. The Bertz CT molecular complexity index is 540. The van der Waals surface area contributed by atoms with E-state index in [0.717, 1.165) is 5.43 Å². The van der Waals surface area contributed by atoms with Crippen molar-refractivity contribution in [3.8, 4) is 5.75 Å². The molecule has 0 fully saturated rings. The second-order valence-corrected chi connectivity index (χ2v) is 3.94. The number of nitrogens with two attached hydrogens (primary N) is 1. The number of nitrogens with one attached hydrogen (secondary N) is 1. The van der Waals surface area contributed by atoms with Gasteiger partial charge >= 0.3 is 17.7 Å². The van der Waals surface area contributed by atoms with E-state index in [1.807, 2.05) is 0 Å². The smallest absolute Gasteiger partial charge is 0.417 e. The minimum Gasteiger partial charge on any atom is -0.417 e. The van der Waals surface area contributed by atoms with Crippen LogP contribution >= 0.6 is 15.9 Å². The average Bonchev–Trinajstić information content (AvgIpc) is 2.30. The van der Waals surface area contributed by atoms with Gasteiger partial charge in [-0.1, -0.05) is 0 Å². The second kappa shape index (κ2) is 5.40. The molecule has 0 aliphatic rings. The Labute approximate surface area is 111 Å². The van der Waals surface area contributed by atoms with Crippen molar-refractivity contribution < 1.29 is 27.6 Å².